The number of aldehydes is 1. The Kier molecular flexibility index (Phi) is 6.43. The molecule has 0 bridgehead atoms. The summed E-state index contributed by atoms with van der Waals surface area (Å²) in [4.78, 5) is 11.0. The lowest BCUT2D eigenvalue weighted by molar-refractivity contribution is 0.112. The first-order valence-electron chi connectivity index (χ1n) is 6.82. The van der Waals surface area contributed by atoms with E-state index in [1.165, 1.54) is 0 Å². The Morgan fingerprint density at radius 2 is 1.82 bits per heavy atom. The molecule has 0 radical (unpaired) electrons. The van der Waals surface area contributed by atoms with E-state index in [0.717, 1.165) is 11.8 Å². The maximum Gasteiger partial charge on any atom is 0.176 e. The molecule has 4 nitrogen and oxygen atoms in total. The quantitative estimate of drug-likeness (QED) is 0.526. The van der Waals surface area contributed by atoms with Crippen molar-refractivity contribution in [1.82, 2.24) is 0 Å². The normalized spacial score (nSPS) is 10.3. The fourth-order valence-corrected chi connectivity index (χ4v) is 2.39. The first-order valence-corrected chi connectivity index (χ1v) is 7.61. The van der Waals surface area contributed by atoms with Crippen molar-refractivity contribution in [1.29, 1.82) is 0 Å². The number of halogens is 1. The highest BCUT2D eigenvalue weighted by Gasteiger charge is 2.14. The van der Waals surface area contributed by atoms with E-state index < -0.39 is 0 Å². The SMILES string of the molecule is COCCOc1c(OCc2ccccc2)ccc(C=O)c1Br. The first kappa shape index (κ1) is 16.5. The van der Waals surface area contributed by atoms with Crippen LogP contribution in [0.15, 0.2) is 46.9 Å². The van der Waals surface area contributed by atoms with E-state index in [0.29, 0.717) is 41.4 Å². The van der Waals surface area contributed by atoms with Crippen LogP contribution in [0.4, 0.5) is 0 Å². The minimum absolute atomic E-state index is 0.374. The van der Waals surface area contributed by atoms with Crippen LogP contribution >= 0.6 is 15.9 Å². The predicted octanol–water partition coefficient (Wildman–Crippen LogP) is 3.87. The topological polar surface area (TPSA) is 44.8 Å². The van der Waals surface area contributed by atoms with Gasteiger partial charge < -0.3 is 14.2 Å². The van der Waals surface area contributed by atoms with Crippen LogP contribution in [-0.2, 0) is 11.3 Å². The second-order valence-corrected chi connectivity index (χ2v) is 5.32. The van der Waals surface area contributed by atoms with Gasteiger partial charge in [-0.1, -0.05) is 30.3 Å². The Hall–Kier alpha value is -1.85. The number of benzene rings is 2. The van der Waals surface area contributed by atoms with Crippen LogP contribution < -0.4 is 9.47 Å². The number of hydrogen-bond acceptors (Lipinski definition) is 4. The zero-order valence-corrected chi connectivity index (χ0v) is 13.8. The molecule has 0 N–H and O–H groups in total. The third kappa shape index (κ3) is 4.32. The molecule has 0 aliphatic carbocycles. The molecule has 2 aromatic carbocycles. The lowest BCUT2D eigenvalue weighted by Gasteiger charge is -2.15. The summed E-state index contributed by atoms with van der Waals surface area (Å²) in [6.45, 7) is 1.25. The van der Waals surface area contributed by atoms with E-state index in [1.807, 2.05) is 30.3 Å². The van der Waals surface area contributed by atoms with Gasteiger partial charge in [-0.3, -0.25) is 4.79 Å². The summed E-state index contributed by atoms with van der Waals surface area (Å²) >= 11 is 3.39. The van der Waals surface area contributed by atoms with Crippen LogP contribution in [0.1, 0.15) is 15.9 Å². The van der Waals surface area contributed by atoms with Crippen molar-refractivity contribution in [3.8, 4) is 11.5 Å². The van der Waals surface area contributed by atoms with E-state index in [9.17, 15) is 4.79 Å². The van der Waals surface area contributed by atoms with E-state index >= 15 is 0 Å². The second-order valence-electron chi connectivity index (χ2n) is 4.53. The molecule has 0 heterocycles. The van der Waals surface area contributed by atoms with Gasteiger partial charge in [-0.2, -0.15) is 0 Å². The van der Waals surface area contributed by atoms with Crippen LogP contribution in [0.25, 0.3) is 0 Å². The summed E-state index contributed by atoms with van der Waals surface area (Å²) in [5.74, 6) is 1.09. The van der Waals surface area contributed by atoms with Gasteiger partial charge >= 0.3 is 0 Å². The van der Waals surface area contributed by atoms with Gasteiger partial charge in [-0.25, -0.2) is 0 Å². The van der Waals surface area contributed by atoms with Crippen LogP contribution in [-0.4, -0.2) is 26.6 Å². The molecule has 0 fully saturated rings. The van der Waals surface area contributed by atoms with Crippen LogP contribution in [0.5, 0.6) is 11.5 Å². The van der Waals surface area contributed by atoms with Crippen molar-refractivity contribution >= 4 is 22.2 Å². The molecule has 2 aromatic rings. The Morgan fingerprint density at radius 3 is 2.50 bits per heavy atom. The Morgan fingerprint density at radius 1 is 1.05 bits per heavy atom. The molecule has 0 saturated heterocycles. The molecular formula is C17H17BrO4. The average Bonchev–Trinajstić information content (AvgIpc) is 2.56. The van der Waals surface area contributed by atoms with E-state index in [4.69, 9.17) is 14.2 Å². The number of hydrogen-bond donors (Lipinski definition) is 0. The van der Waals surface area contributed by atoms with Gasteiger partial charge in [0, 0.05) is 12.7 Å². The number of methoxy groups -OCH3 is 1. The van der Waals surface area contributed by atoms with Gasteiger partial charge in [0.2, 0.25) is 0 Å². The van der Waals surface area contributed by atoms with Crippen molar-refractivity contribution in [2.45, 2.75) is 6.61 Å². The van der Waals surface area contributed by atoms with Gasteiger partial charge in [0.15, 0.2) is 17.8 Å². The molecule has 5 heteroatoms. The lowest BCUT2D eigenvalue weighted by Crippen LogP contribution is -2.07. The molecule has 0 aromatic heterocycles. The third-order valence-corrected chi connectivity index (χ3v) is 3.81. The summed E-state index contributed by atoms with van der Waals surface area (Å²) in [6.07, 6.45) is 0.772. The molecule has 116 valence electrons. The molecule has 0 saturated carbocycles. The van der Waals surface area contributed by atoms with Crippen molar-refractivity contribution in [3.63, 3.8) is 0 Å². The third-order valence-electron chi connectivity index (χ3n) is 2.99. The smallest absolute Gasteiger partial charge is 0.176 e. The van der Waals surface area contributed by atoms with Crippen molar-refractivity contribution in [3.05, 3.63) is 58.1 Å². The highest BCUT2D eigenvalue weighted by Crippen LogP contribution is 2.37. The van der Waals surface area contributed by atoms with E-state index in [1.54, 1.807) is 19.2 Å². The van der Waals surface area contributed by atoms with E-state index in [2.05, 4.69) is 15.9 Å². The predicted molar refractivity (Wildman–Crippen MR) is 87.7 cm³/mol. The maximum absolute atomic E-state index is 11.0. The van der Waals surface area contributed by atoms with Crippen LogP contribution in [0.2, 0.25) is 0 Å². The second kappa shape index (κ2) is 8.56. The Labute approximate surface area is 138 Å². The fraction of sp³-hybridized carbons (Fsp3) is 0.235. The number of carbonyl (C=O) groups excluding carboxylic acids is 1. The monoisotopic (exact) mass is 364 g/mol. The van der Waals surface area contributed by atoms with Gasteiger partial charge in [-0.15, -0.1) is 0 Å². The zero-order valence-electron chi connectivity index (χ0n) is 12.3. The Balaban J connectivity index is 2.17. The fourth-order valence-electron chi connectivity index (χ4n) is 1.86. The van der Waals surface area contributed by atoms with E-state index in [-0.39, 0.29) is 0 Å². The molecule has 2 rings (SSSR count). The summed E-state index contributed by atoms with van der Waals surface area (Å²) in [5, 5.41) is 0. The van der Waals surface area contributed by atoms with Gasteiger partial charge in [0.25, 0.3) is 0 Å². The van der Waals surface area contributed by atoms with Gasteiger partial charge in [0.1, 0.15) is 13.2 Å². The number of rotatable bonds is 8. The Bertz CT molecular complexity index is 614. The number of carbonyl (C=O) groups is 1. The summed E-state index contributed by atoms with van der Waals surface area (Å²) < 4.78 is 17.1. The zero-order chi connectivity index (χ0) is 15.8. The highest BCUT2D eigenvalue weighted by atomic mass is 79.9. The molecule has 0 aliphatic rings. The first-order chi connectivity index (χ1) is 10.8. The standard InChI is InChI=1S/C17H17BrO4/c1-20-9-10-21-17-15(8-7-14(11-19)16(17)18)22-12-13-5-3-2-4-6-13/h2-8,11H,9-10,12H2,1H3. The van der Waals surface area contributed by atoms with Crippen molar-refractivity contribution < 1.29 is 19.0 Å². The van der Waals surface area contributed by atoms with Crippen molar-refractivity contribution in [2.24, 2.45) is 0 Å². The molecule has 22 heavy (non-hydrogen) atoms. The molecule has 0 unspecified atom stereocenters. The molecule has 0 amide bonds. The molecule has 0 spiro atoms. The van der Waals surface area contributed by atoms with Crippen molar-refractivity contribution in [2.75, 3.05) is 20.3 Å². The molecule has 0 atom stereocenters. The summed E-state index contributed by atoms with van der Waals surface area (Å²) in [6, 6.07) is 13.3. The lowest BCUT2D eigenvalue weighted by atomic mass is 10.2. The largest absolute Gasteiger partial charge is 0.486 e. The summed E-state index contributed by atoms with van der Waals surface area (Å²) in [7, 11) is 1.60. The van der Waals surface area contributed by atoms with Gasteiger partial charge in [-0.05, 0) is 33.6 Å². The average molecular weight is 365 g/mol. The minimum Gasteiger partial charge on any atom is -0.486 e. The highest BCUT2D eigenvalue weighted by molar-refractivity contribution is 9.10. The molecular weight excluding hydrogens is 348 g/mol. The van der Waals surface area contributed by atoms with Crippen LogP contribution in [0.3, 0.4) is 0 Å². The van der Waals surface area contributed by atoms with Crippen LogP contribution in [0, 0.1) is 0 Å². The van der Waals surface area contributed by atoms with Gasteiger partial charge in [0.05, 0.1) is 11.1 Å². The molecule has 0 aliphatic heterocycles. The number of ether oxygens (including phenoxy) is 3. The summed E-state index contributed by atoms with van der Waals surface area (Å²) in [5.41, 5.74) is 1.57. The minimum atomic E-state index is 0.374. The maximum atomic E-state index is 11.0.